The van der Waals surface area contributed by atoms with Crippen LogP contribution in [-0.2, 0) is 6.54 Å². The Hall–Kier alpha value is -0.870. The van der Waals surface area contributed by atoms with Gasteiger partial charge >= 0.3 is 0 Å². The lowest BCUT2D eigenvalue weighted by atomic mass is 9.93. The van der Waals surface area contributed by atoms with Crippen LogP contribution in [0.2, 0.25) is 0 Å². The molecule has 0 spiro atoms. The van der Waals surface area contributed by atoms with Gasteiger partial charge in [0.2, 0.25) is 0 Å². The van der Waals surface area contributed by atoms with Crippen molar-refractivity contribution in [2.75, 3.05) is 19.6 Å². The van der Waals surface area contributed by atoms with Crippen LogP contribution in [-0.4, -0.2) is 40.8 Å². The first kappa shape index (κ1) is 9.36. The van der Waals surface area contributed by atoms with Crippen molar-refractivity contribution in [1.29, 1.82) is 0 Å². The molecule has 2 unspecified atom stereocenters. The first-order chi connectivity index (χ1) is 7.42. The van der Waals surface area contributed by atoms with Crippen molar-refractivity contribution in [3.8, 4) is 0 Å². The van der Waals surface area contributed by atoms with Crippen LogP contribution in [0.25, 0.3) is 0 Å². The molecular weight excluding hydrogens is 188 g/mol. The minimum absolute atomic E-state index is 0.794. The van der Waals surface area contributed by atoms with Gasteiger partial charge in [0.05, 0.1) is 0 Å². The number of H-pyrrole nitrogens is 1. The normalized spacial score (nSPS) is 31.7. The second-order valence-electron chi connectivity index (χ2n) is 4.72. The summed E-state index contributed by atoms with van der Waals surface area (Å²) in [5, 5.41) is 10.6. The molecule has 3 heterocycles. The molecule has 0 saturated carbocycles. The second kappa shape index (κ2) is 3.94. The van der Waals surface area contributed by atoms with E-state index in [1.165, 1.54) is 38.2 Å². The average Bonchev–Trinajstić information content (AvgIpc) is 2.87. The molecule has 15 heavy (non-hydrogen) atoms. The fraction of sp³-hybridized carbons (Fsp3) is 0.727. The number of likely N-dealkylation sites (tertiary alicyclic amines) is 1. The SMILES string of the molecule is c1cc(CN2CCC3NCCC3C2)[nH]n1. The second-order valence-corrected chi connectivity index (χ2v) is 4.72. The highest BCUT2D eigenvalue weighted by Crippen LogP contribution is 2.25. The van der Waals surface area contributed by atoms with Crippen molar-refractivity contribution in [1.82, 2.24) is 20.4 Å². The van der Waals surface area contributed by atoms with Crippen molar-refractivity contribution >= 4 is 0 Å². The minimum atomic E-state index is 0.794. The van der Waals surface area contributed by atoms with Crippen molar-refractivity contribution in [3.05, 3.63) is 18.0 Å². The topological polar surface area (TPSA) is 44.0 Å². The van der Waals surface area contributed by atoms with E-state index in [-0.39, 0.29) is 0 Å². The van der Waals surface area contributed by atoms with Crippen LogP contribution in [0.5, 0.6) is 0 Å². The Balaban J connectivity index is 1.59. The first-order valence-electron chi connectivity index (χ1n) is 5.86. The van der Waals surface area contributed by atoms with E-state index >= 15 is 0 Å². The van der Waals surface area contributed by atoms with Crippen LogP contribution >= 0.6 is 0 Å². The lowest BCUT2D eigenvalue weighted by molar-refractivity contribution is 0.154. The number of nitrogens with one attached hydrogen (secondary N) is 2. The Kier molecular flexibility index (Phi) is 2.46. The summed E-state index contributed by atoms with van der Waals surface area (Å²) in [4.78, 5) is 2.54. The molecule has 0 radical (unpaired) electrons. The predicted octanol–water partition coefficient (Wildman–Crippen LogP) is 0.594. The van der Waals surface area contributed by atoms with E-state index in [4.69, 9.17) is 0 Å². The smallest absolute Gasteiger partial charge is 0.0492 e. The Labute approximate surface area is 90.0 Å². The zero-order valence-electron chi connectivity index (χ0n) is 8.95. The van der Waals surface area contributed by atoms with Crippen LogP contribution in [0.15, 0.2) is 12.3 Å². The monoisotopic (exact) mass is 206 g/mol. The molecule has 0 amide bonds. The number of fused-ring (bicyclic) bond motifs is 1. The van der Waals surface area contributed by atoms with E-state index in [2.05, 4.69) is 26.5 Å². The van der Waals surface area contributed by atoms with Gasteiger partial charge in [-0.25, -0.2) is 0 Å². The number of rotatable bonds is 2. The molecule has 2 N–H and O–H groups in total. The molecule has 4 nitrogen and oxygen atoms in total. The maximum Gasteiger partial charge on any atom is 0.0492 e. The summed E-state index contributed by atoms with van der Waals surface area (Å²) in [6, 6.07) is 2.86. The molecule has 82 valence electrons. The van der Waals surface area contributed by atoms with Gasteiger partial charge in [-0.3, -0.25) is 10.00 Å². The maximum absolute atomic E-state index is 3.99. The van der Waals surface area contributed by atoms with Crippen molar-refractivity contribution in [2.24, 2.45) is 5.92 Å². The number of piperidine rings is 1. The van der Waals surface area contributed by atoms with Gasteiger partial charge in [-0.1, -0.05) is 0 Å². The van der Waals surface area contributed by atoms with Crippen LogP contribution in [0.3, 0.4) is 0 Å². The van der Waals surface area contributed by atoms with Crippen LogP contribution in [0.4, 0.5) is 0 Å². The summed E-state index contributed by atoms with van der Waals surface area (Å²) in [5.41, 5.74) is 1.24. The van der Waals surface area contributed by atoms with Crippen molar-refractivity contribution in [2.45, 2.75) is 25.4 Å². The van der Waals surface area contributed by atoms with E-state index in [1.54, 1.807) is 0 Å². The Morgan fingerprint density at radius 3 is 3.33 bits per heavy atom. The molecule has 4 heteroatoms. The van der Waals surface area contributed by atoms with Gasteiger partial charge in [0.15, 0.2) is 0 Å². The highest BCUT2D eigenvalue weighted by molar-refractivity contribution is 4.99. The number of nitrogens with zero attached hydrogens (tertiary/aromatic N) is 2. The highest BCUT2D eigenvalue weighted by Gasteiger charge is 2.32. The molecule has 2 saturated heterocycles. The molecule has 0 bridgehead atoms. The van der Waals surface area contributed by atoms with Gasteiger partial charge in [0.25, 0.3) is 0 Å². The molecule has 3 rings (SSSR count). The summed E-state index contributed by atoms with van der Waals surface area (Å²) in [7, 11) is 0. The molecular formula is C11H18N4. The van der Waals surface area contributed by atoms with Gasteiger partial charge < -0.3 is 5.32 Å². The van der Waals surface area contributed by atoms with Crippen LogP contribution in [0, 0.1) is 5.92 Å². The quantitative estimate of drug-likeness (QED) is 0.744. The third-order valence-electron chi connectivity index (χ3n) is 3.69. The fourth-order valence-corrected chi connectivity index (χ4v) is 2.88. The van der Waals surface area contributed by atoms with Gasteiger partial charge in [-0.2, -0.15) is 5.10 Å². The third-order valence-corrected chi connectivity index (χ3v) is 3.69. The van der Waals surface area contributed by atoms with E-state index in [1.807, 2.05) is 6.20 Å². The van der Waals surface area contributed by atoms with E-state index in [0.717, 1.165) is 18.5 Å². The summed E-state index contributed by atoms with van der Waals surface area (Å²) in [6.45, 7) is 4.71. The zero-order valence-corrected chi connectivity index (χ0v) is 8.95. The average molecular weight is 206 g/mol. The number of aromatic amines is 1. The zero-order chi connectivity index (χ0) is 10.1. The Morgan fingerprint density at radius 1 is 1.47 bits per heavy atom. The summed E-state index contributed by atoms with van der Waals surface area (Å²) in [6.07, 6.45) is 4.49. The van der Waals surface area contributed by atoms with Gasteiger partial charge in [0.1, 0.15) is 0 Å². The van der Waals surface area contributed by atoms with E-state index < -0.39 is 0 Å². The highest BCUT2D eigenvalue weighted by atomic mass is 15.2. The Morgan fingerprint density at radius 2 is 2.47 bits per heavy atom. The summed E-state index contributed by atoms with van der Waals surface area (Å²) in [5.74, 6) is 0.877. The summed E-state index contributed by atoms with van der Waals surface area (Å²) >= 11 is 0. The van der Waals surface area contributed by atoms with Crippen molar-refractivity contribution < 1.29 is 0 Å². The van der Waals surface area contributed by atoms with E-state index in [0.29, 0.717) is 0 Å². The number of hydrogen-bond donors (Lipinski definition) is 2. The van der Waals surface area contributed by atoms with E-state index in [9.17, 15) is 0 Å². The van der Waals surface area contributed by atoms with Gasteiger partial charge in [-0.15, -0.1) is 0 Å². The summed E-state index contributed by atoms with van der Waals surface area (Å²) < 4.78 is 0. The van der Waals surface area contributed by atoms with Crippen LogP contribution < -0.4 is 5.32 Å². The molecule has 2 atom stereocenters. The maximum atomic E-state index is 3.99. The molecule has 1 aromatic rings. The number of hydrogen-bond acceptors (Lipinski definition) is 3. The molecule has 2 aliphatic heterocycles. The van der Waals surface area contributed by atoms with Gasteiger partial charge in [-0.05, 0) is 31.4 Å². The van der Waals surface area contributed by atoms with Crippen molar-refractivity contribution in [3.63, 3.8) is 0 Å². The fourth-order valence-electron chi connectivity index (χ4n) is 2.88. The predicted molar refractivity (Wildman–Crippen MR) is 58.4 cm³/mol. The lowest BCUT2D eigenvalue weighted by Crippen LogP contribution is -2.43. The third kappa shape index (κ3) is 1.92. The Bertz CT molecular complexity index is 308. The number of aromatic nitrogens is 2. The molecule has 0 aromatic carbocycles. The minimum Gasteiger partial charge on any atom is -0.314 e. The largest absolute Gasteiger partial charge is 0.314 e. The molecule has 2 aliphatic rings. The molecule has 0 aliphatic carbocycles. The lowest BCUT2D eigenvalue weighted by Gasteiger charge is -2.34. The molecule has 2 fully saturated rings. The molecule has 1 aromatic heterocycles. The van der Waals surface area contributed by atoms with Gasteiger partial charge in [0, 0.05) is 37.6 Å². The standard InChI is InChI=1S/C11H18N4/c1-4-12-11-3-6-15(7-9(1)11)8-10-2-5-13-14-10/h2,5,9,11-12H,1,3-4,6-8H2,(H,13,14). The van der Waals surface area contributed by atoms with Crippen LogP contribution in [0.1, 0.15) is 18.5 Å². The first-order valence-corrected chi connectivity index (χ1v) is 5.86.